The van der Waals surface area contributed by atoms with Crippen molar-refractivity contribution in [3.05, 3.63) is 29.8 Å². The molecule has 1 atom stereocenters. The molecular weight excluding hydrogens is 297 g/mol. The first-order valence-electron chi connectivity index (χ1n) is 5.79. The number of benzene rings is 1. The van der Waals surface area contributed by atoms with Crippen molar-refractivity contribution in [2.75, 3.05) is 5.32 Å². The first kappa shape index (κ1) is 17.1. The van der Waals surface area contributed by atoms with E-state index in [-0.39, 0.29) is 5.69 Å². The Morgan fingerprint density at radius 3 is 2.14 bits per heavy atom. The second kappa shape index (κ2) is 5.79. The Kier molecular flexibility index (Phi) is 4.70. The molecule has 8 heteroatoms. The lowest BCUT2D eigenvalue weighted by Gasteiger charge is -2.18. The predicted octanol–water partition coefficient (Wildman–Crippen LogP) is 3.50. The quantitative estimate of drug-likeness (QED) is 0.683. The van der Waals surface area contributed by atoms with E-state index >= 15 is 0 Å². The van der Waals surface area contributed by atoms with E-state index in [4.69, 9.17) is 0 Å². The van der Waals surface area contributed by atoms with Crippen molar-refractivity contribution in [3.63, 3.8) is 0 Å². The summed E-state index contributed by atoms with van der Waals surface area (Å²) in [5.74, 6) is -9.02. The lowest BCUT2D eigenvalue weighted by atomic mass is 10.0. The third kappa shape index (κ3) is 4.51. The van der Waals surface area contributed by atoms with Crippen LogP contribution in [-0.4, -0.2) is 17.9 Å². The molecule has 0 aliphatic rings. The highest BCUT2D eigenvalue weighted by Crippen LogP contribution is 2.30. The third-order valence-corrected chi connectivity index (χ3v) is 2.63. The van der Waals surface area contributed by atoms with E-state index in [2.05, 4.69) is 0 Å². The number of amides is 1. The van der Waals surface area contributed by atoms with Crippen molar-refractivity contribution in [1.29, 1.82) is 0 Å². The van der Waals surface area contributed by atoms with Crippen LogP contribution in [0.15, 0.2) is 24.3 Å². The lowest BCUT2D eigenvalue weighted by Crippen LogP contribution is -2.39. The summed E-state index contributed by atoms with van der Waals surface area (Å²) in [6, 6.07) is 4.24. The molecule has 0 heterocycles. The van der Waals surface area contributed by atoms with E-state index in [9.17, 15) is 31.5 Å². The number of carbonyl (C=O) groups is 2. The molecule has 0 radical (unpaired) electrons. The fourth-order valence-corrected chi connectivity index (χ4v) is 1.65. The lowest BCUT2D eigenvalue weighted by molar-refractivity contribution is -0.182. The van der Waals surface area contributed by atoms with Crippen molar-refractivity contribution in [2.24, 2.45) is 5.92 Å². The van der Waals surface area contributed by atoms with Gasteiger partial charge >= 0.3 is 6.18 Å². The van der Waals surface area contributed by atoms with E-state index < -0.39 is 35.3 Å². The molecule has 1 aromatic rings. The van der Waals surface area contributed by atoms with Crippen molar-refractivity contribution >= 4 is 17.4 Å². The fraction of sp³-hybridized carbons (Fsp3) is 0.385. The van der Waals surface area contributed by atoms with Gasteiger partial charge in [-0.3, -0.25) is 9.59 Å². The highest BCUT2D eigenvalue weighted by molar-refractivity contribution is 6.07. The summed E-state index contributed by atoms with van der Waals surface area (Å²) in [6.07, 6.45) is -5.04. The highest BCUT2D eigenvalue weighted by atomic mass is 19.4. The number of Topliss-reactive ketones (excluding diaryl/α,β-unsaturated/α-hetero) is 1. The summed E-state index contributed by atoms with van der Waals surface area (Å²) < 4.78 is 64.0. The van der Waals surface area contributed by atoms with Crippen molar-refractivity contribution < 1.29 is 31.5 Å². The topological polar surface area (TPSA) is 46.2 Å². The first-order valence-corrected chi connectivity index (χ1v) is 5.79. The van der Waals surface area contributed by atoms with E-state index in [1.165, 1.54) is 6.07 Å². The Morgan fingerprint density at radius 2 is 1.71 bits per heavy atom. The van der Waals surface area contributed by atoms with Crippen LogP contribution in [0.2, 0.25) is 0 Å². The van der Waals surface area contributed by atoms with E-state index in [0.717, 1.165) is 18.2 Å². The molecular formula is C13H12F5NO2. The van der Waals surface area contributed by atoms with Crippen molar-refractivity contribution in [3.8, 4) is 0 Å². The molecule has 21 heavy (non-hydrogen) atoms. The predicted molar refractivity (Wildman–Crippen MR) is 64.9 cm³/mol. The molecule has 0 saturated heterocycles. The van der Waals surface area contributed by atoms with Gasteiger partial charge in [-0.25, -0.2) is 8.78 Å². The molecule has 0 fully saturated rings. The second-order valence-corrected chi connectivity index (χ2v) is 4.54. The standard InChI is InChI=1S/C13H12F5NO2/c1-7(20)10(13(16,17)18)11(21)19-9-5-3-4-8(6-9)12(2,14)15/h3-6,10H,1-2H3,(H,19,21). The molecule has 3 nitrogen and oxygen atoms in total. The first-order chi connectivity index (χ1) is 9.43. The van der Waals surface area contributed by atoms with Gasteiger partial charge in [0.15, 0.2) is 11.7 Å². The zero-order valence-electron chi connectivity index (χ0n) is 11.1. The van der Waals surface area contributed by atoms with Crippen LogP contribution in [0.25, 0.3) is 0 Å². The van der Waals surface area contributed by atoms with Crippen molar-refractivity contribution in [2.45, 2.75) is 25.9 Å². The highest BCUT2D eigenvalue weighted by Gasteiger charge is 2.48. The van der Waals surface area contributed by atoms with Gasteiger partial charge < -0.3 is 5.32 Å². The summed E-state index contributed by atoms with van der Waals surface area (Å²) in [5.41, 5.74) is -0.707. The largest absolute Gasteiger partial charge is 0.407 e. The summed E-state index contributed by atoms with van der Waals surface area (Å²) in [7, 11) is 0. The maximum atomic E-state index is 13.1. The summed E-state index contributed by atoms with van der Waals surface area (Å²) >= 11 is 0. The van der Waals surface area contributed by atoms with Crippen LogP contribution >= 0.6 is 0 Å². The number of hydrogen-bond donors (Lipinski definition) is 1. The van der Waals surface area contributed by atoms with Crippen LogP contribution < -0.4 is 5.32 Å². The Labute approximate surface area is 117 Å². The van der Waals surface area contributed by atoms with Crippen molar-refractivity contribution in [1.82, 2.24) is 0 Å². The Morgan fingerprint density at radius 1 is 1.14 bits per heavy atom. The summed E-state index contributed by atoms with van der Waals surface area (Å²) in [4.78, 5) is 22.5. The molecule has 1 N–H and O–H groups in total. The molecule has 0 bridgehead atoms. The van der Waals surface area contributed by atoms with Gasteiger partial charge in [0, 0.05) is 18.2 Å². The molecule has 0 saturated carbocycles. The number of rotatable bonds is 4. The van der Waals surface area contributed by atoms with Gasteiger partial charge in [-0.1, -0.05) is 12.1 Å². The second-order valence-electron chi connectivity index (χ2n) is 4.54. The normalized spacial score (nSPS) is 13.7. The number of carbonyl (C=O) groups excluding carboxylic acids is 2. The van der Waals surface area contributed by atoms with Crippen LogP contribution in [0.3, 0.4) is 0 Å². The van der Waals surface area contributed by atoms with Gasteiger partial charge in [0.2, 0.25) is 5.91 Å². The Bertz CT molecular complexity index is 548. The smallest absolute Gasteiger partial charge is 0.325 e. The average Bonchev–Trinajstić information content (AvgIpc) is 2.25. The SMILES string of the molecule is CC(=O)C(C(=O)Nc1cccc(C(C)(F)F)c1)C(F)(F)F. The monoisotopic (exact) mass is 309 g/mol. The number of alkyl halides is 5. The minimum Gasteiger partial charge on any atom is -0.325 e. The molecule has 0 aromatic heterocycles. The molecule has 1 amide bonds. The van der Waals surface area contributed by atoms with Gasteiger partial charge in [-0.05, 0) is 19.1 Å². The van der Waals surface area contributed by atoms with Gasteiger partial charge in [-0.2, -0.15) is 13.2 Å². The molecule has 1 rings (SSSR count). The molecule has 0 aliphatic carbocycles. The molecule has 116 valence electrons. The van der Waals surface area contributed by atoms with Crippen LogP contribution in [0.4, 0.5) is 27.6 Å². The fourth-order valence-electron chi connectivity index (χ4n) is 1.65. The maximum Gasteiger partial charge on any atom is 0.407 e. The summed E-state index contributed by atoms with van der Waals surface area (Å²) in [5, 5.41) is 1.83. The minimum atomic E-state index is -5.04. The van der Waals surface area contributed by atoms with Crippen LogP contribution in [-0.2, 0) is 15.5 Å². The van der Waals surface area contributed by atoms with E-state index in [1.54, 1.807) is 0 Å². The van der Waals surface area contributed by atoms with Crippen LogP contribution in [0.5, 0.6) is 0 Å². The third-order valence-electron chi connectivity index (χ3n) is 2.63. The number of ketones is 1. The zero-order chi connectivity index (χ0) is 16.4. The van der Waals surface area contributed by atoms with Gasteiger partial charge in [0.1, 0.15) is 0 Å². The van der Waals surface area contributed by atoms with Gasteiger partial charge in [-0.15, -0.1) is 0 Å². The number of nitrogens with one attached hydrogen (secondary N) is 1. The van der Waals surface area contributed by atoms with Gasteiger partial charge in [0.05, 0.1) is 0 Å². The number of anilines is 1. The van der Waals surface area contributed by atoms with E-state index in [0.29, 0.717) is 13.8 Å². The molecule has 0 spiro atoms. The number of halogens is 5. The maximum absolute atomic E-state index is 13.1. The van der Waals surface area contributed by atoms with E-state index in [1.807, 2.05) is 5.32 Å². The average molecular weight is 309 g/mol. The zero-order valence-corrected chi connectivity index (χ0v) is 11.1. The molecule has 1 aromatic carbocycles. The van der Waals surface area contributed by atoms with Crippen LogP contribution in [0.1, 0.15) is 19.4 Å². The Balaban J connectivity index is 3.00. The minimum absolute atomic E-state index is 0.241. The molecule has 1 unspecified atom stereocenters. The van der Waals surface area contributed by atoms with Gasteiger partial charge in [0.25, 0.3) is 5.92 Å². The Hall–Kier alpha value is -1.99. The molecule has 0 aliphatic heterocycles. The summed E-state index contributed by atoms with van der Waals surface area (Å²) in [6.45, 7) is 1.25. The van der Waals surface area contributed by atoms with Crippen LogP contribution in [0, 0.1) is 5.92 Å². The number of hydrogen-bond acceptors (Lipinski definition) is 2.